The first kappa shape index (κ1) is 29.4. The summed E-state index contributed by atoms with van der Waals surface area (Å²) in [5, 5.41) is 15.6. The number of piperazine rings is 1. The van der Waals surface area contributed by atoms with Gasteiger partial charge in [-0.05, 0) is 66.9 Å². The van der Waals surface area contributed by atoms with Gasteiger partial charge >= 0.3 is 6.03 Å². The first-order valence-electron chi connectivity index (χ1n) is 14.8. The van der Waals surface area contributed by atoms with E-state index in [2.05, 4.69) is 32.3 Å². The van der Waals surface area contributed by atoms with E-state index in [1.807, 2.05) is 6.07 Å². The number of carbonyl (C=O) groups excluding carboxylic acids is 3. The Kier molecular flexibility index (Phi) is 7.85. The van der Waals surface area contributed by atoms with Gasteiger partial charge < -0.3 is 29.9 Å². The summed E-state index contributed by atoms with van der Waals surface area (Å²) in [6.45, 7) is 6.76. The lowest BCUT2D eigenvalue weighted by molar-refractivity contribution is -0.124. The molecule has 0 bridgehead atoms. The Balaban J connectivity index is 1.18. The van der Waals surface area contributed by atoms with E-state index in [1.165, 1.54) is 24.1 Å². The largest absolute Gasteiger partial charge is 0.506 e. The maximum atomic E-state index is 15.5. The number of nitrogens with zero attached hydrogens (tertiary/aromatic N) is 4. The summed E-state index contributed by atoms with van der Waals surface area (Å²) in [4.78, 5) is 49.1. The Bertz CT molecular complexity index is 1620. The van der Waals surface area contributed by atoms with Crippen LogP contribution in [-0.4, -0.2) is 89.7 Å². The van der Waals surface area contributed by atoms with Gasteiger partial charge in [-0.25, -0.2) is 14.2 Å². The molecule has 230 valence electrons. The van der Waals surface area contributed by atoms with Gasteiger partial charge in [-0.15, -0.1) is 0 Å². The number of hydrogen-bond acceptors (Lipinski definition) is 8. The van der Waals surface area contributed by atoms with Gasteiger partial charge in [-0.1, -0.05) is 19.1 Å². The van der Waals surface area contributed by atoms with E-state index in [1.54, 1.807) is 30.3 Å². The molecule has 3 aliphatic heterocycles. The number of amides is 4. The molecule has 4 amide bonds. The van der Waals surface area contributed by atoms with Crippen molar-refractivity contribution < 1.29 is 28.6 Å². The van der Waals surface area contributed by atoms with Crippen molar-refractivity contribution in [2.45, 2.75) is 31.8 Å². The fourth-order valence-electron chi connectivity index (χ4n) is 6.19. The van der Waals surface area contributed by atoms with Crippen LogP contribution in [0.25, 0.3) is 11.3 Å². The number of methoxy groups -OCH3 is 1. The number of fused-ring (bicyclic) bond motifs is 1. The van der Waals surface area contributed by atoms with Crippen LogP contribution in [0.3, 0.4) is 0 Å². The van der Waals surface area contributed by atoms with Crippen molar-refractivity contribution in [3.8, 4) is 22.8 Å². The quantitative estimate of drug-likeness (QED) is 0.319. The molecule has 2 saturated heterocycles. The van der Waals surface area contributed by atoms with E-state index in [9.17, 15) is 19.5 Å². The molecule has 44 heavy (non-hydrogen) atoms. The lowest BCUT2D eigenvalue weighted by Crippen LogP contribution is -2.55. The Morgan fingerprint density at radius 1 is 1.02 bits per heavy atom. The van der Waals surface area contributed by atoms with Crippen LogP contribution in [0.5, 0.6) is 11.5 Å². The van der Waals surface area contributed by atoms with Crippen LogP contribution in [0.4, 0.5) is 15.0 Å². The number of benzene rings is 2. The minimum atomic E-state index is -1.38. The standard InChI is InChI=1S/C32H35FN6O5/c1-3-37-12-14-38(15-13-37)27-9-8-26(40)28(34-27)23-7-4-20(16-25(23)33)10-11-32(30(42)35-31(43)36-32)19-39-18-21-5-6-22(44-2)17-24(21)29(39)41/h4-9,16-17,40H,3,10-15,18-19H2,1-2H3,(H2,35,36,42,43). The van der Waals surface area contributed by atoms with Gasteiger partial charge in [-0.2, -0.15) is 0 Å². The van der Waals surface area contributed by atoms with Gasteiger partial charge in [0.2, 0.25) is 0 Å². The topological polar surface area (TPSA) is 127 Å². The van der Waals surface area contributed by atoms with E-state index in [0.717, 1.165) is 38.3 Å². The summed E-state index contributed by atoms with van der Waals surface area (Å²) in [5.41, 5.74) is 0.823. The smallest absolute Gasteiger partial charge is 0.322 e. The molecule has 1 aromatic heterocycles. The van der Waals surface area contributed by atoms with Crippen LogP contribution < -0.4 is 20.3 Å². The van der Waals surface area contributed by atoms with Crippen LogP contribution in [0.1, 0.15) is 34.8 Å². The number of aromatic nitrogens is 1. The first-order chi connectivity index (χ1) is 21.2. The maximum Gasteiger partial charge on any atom is 0.322 e. The number of carbonyl (C=O) groups is 3. The highest BCUT2D eigenvalue weighted by Crippen LogP contribution is 2.34. The molecule has 11 nitrogen and oxygen atoms in total. The highest BCUT2D eigenvalue weighted by molar-refractivity contribution is 6.08. The normalized spacial score (nSPS) is 20.1. The average Bonchev–Trinajstić information content (AvgIpc) is 3.49. The second-order valence-electron chi connectivity index (χ2n) is 11.4. The number of ether oxygens (including phenoxy) is 1. The van der Waals surface area contributed by atoms with Crippen molar-refractivity contribution in [1.82, 2.24) is 25.4 Å². The number of aromatic hydroxyl groups is 1. The van der Waals surface area contributed by atoms with E-state index < -0.39 is 23.3 Å². The van der Waals surface area contributed by atoms with Crippen LogP contribution in [0.2, 0.25) is 0 Å². The van der Waals surface area contributed by atoms with Crippen LogP contribution in [-0.2, 0) is 17.8 Å². The molecule has 1 atom stereocenters. The number of anilines is 1. The third kappa shape index (κ3) is 5.52. The molecule has 2 aromatic carbocycles. The summed E-state index contributed by atoms with van der Waals surface area (Å²) in [7, 11) is 1.52. The van der Waals surface area contributed by atoms with Gasteiger partial charge in [0.25, 0.3) is 11.8 Å². The molecule has 1 unspecified atom stereocenters. The summed E-state index contributed by atoms with van der Waals surface area (Å²) in [5.74, 6) is -0.247. The zero-order valence-electron chi connectivity index (χ0n) is 24.7. The predicted molar refractivity (Wildman–Crippen MR) is 161 cm³/mol. The number of aryl methyl sites for hydroxylation is 1. The van der Waals surface area contributed by atoms with Gasteiger partial charge in [0, 0.05) is 43.9 Å². The zero-order chi connectivity index (χ0) is 31.0. The van der Waals surface area contributed by atoms with Gasteiger partial charge in [0.05, 0.1) is 13.7 Å². The molecular weight excluding hydrogens is 567 g/mol. The maximum absolute atomic E-state index is 15.5. The minimum Gasteiger partial charge on any atom is -0.506 e. The van der Waals surface area contributed by atoms with Crippen molar-refractivity contribution in [2.24, 2.45) is 0 Å². The second kappa shape index (κ2) is 11.8. The van der Waals surface area contributed by atoms with Crippen LogP contribution in [0.15, 0.2) is 48.5 Å². The molecule has 0 saturated carbocycles. The van der Waals surface area contributed by atoms with Crippen molar-refractivity contribution in [2.75, 3.05) is 51.3 Å². The molecule has 2 fully saturated rings. The Hall–Kier alpha value is -4.71. The Morgan fingerprint density at radius 2 is 1.82 bits per heavy atom. The molecule has 6 rings (SSSR count). The first-order valence-corrected chi connectivity index (χ1v) is 14.8. The van der Waals surface area contributed by atoms with E-state index >= 15 is 4.39 Å². The van der Waals surface area contributed by atoms with Crippen molar-refractivity contribution >= 4 is 23.7 Å². The number of nitrogens with one attached hydrogen (secondary N) is 2. The molecule has 0 spiro atoms. The van der Waals surface area contributed by atoms with Crippen molar-refractivity contribution in [3.63, 3.8) is 0 Å². The third-order valence-electron chi connectivity index (χ3n) is 8.80. The van der Waals surface area contributed by atoms with Crippen LogP contribution >= 0.6 is 0 Å². The SMILES string of the molecule is CCN1CCN(c2ccc(O)c(-c3ccc(CCC4(CN5Cc6ccc(OC)cc6C5=O)NC(=O)NC4=O)cc3F)n2)CC1. The number of halogens is 1. The van der Waals surface area contributed by atoms with E-state index in [4.69, 9.17) is 4.74 Å². The fraction of sp³-hybridized carbons (Fsp3) is 0.375. The van der Waals surface area contributed by atoms with Crippen molar-refractivity contribution in [3.05, 3.63) is 71.0 Å². The number of rotatable bonds is 9. The number of hydrogen-bond donors (Lipinski definition) is 3. The highest BCUT2D eigenvalue weighted by atomic mass is 19.1. The van der Waals surface area contributed by atoms with Gasteiger partial charge in [0.1, 0.15) is 34.4 Å². The fourth-order valence-corrected chi connectivity index (χ4v) is 6.19. The predicted octanol–water partition coefficient (Wildman–Crippen LogP) is 2.91. The Labute approximate surface area is 254 Å². The highest BCUT2D eigenvalue weighted by Gasteiger charge is 2.48. The molecule has 4 heterocycles. The number of urea groups is 1. The lowest BCUT2D eigenvalue weighted by atomic mass is 9.90. The second-order valence-corrected chi connectivity index (χ2v) is 11.4. The van der Waals surface area contributed by atoms with Crippen molar-refractivity contribution in [1.29, 1.82) is 0 Å². The molecule has 12 heteroatoms. The Morgan fingerprint density at radius 3 is 2.50 bits per heavy atom. The molecule has 3 aromatic rings. The average molecular weight is 603 g/mol. The zero-order valence-corrected chi connectivity index (χ0v) is 24.7. The summed E-state index contributed by atoms with van der Waals surface area (Å²) in [6, 6.07) is 12.5. The number of imide groups is 1. The van der Waals surface area contributed by atoms with E-state index in [-0.39, 0.29) is 48.8 Å². The number of likely N-dealkylation sites (N-methyl/N-ethyl adjacent to an activating group) is 1. The molecular formula is C32H35FN6O5. The molecule has 0 aliphatic carbocycles. The third-order valence-corrected chi connectivity index (χ3v) is 8.80. The summed E-state index contributed by atoms with van der Waals surface area (Å²) in [6.07, 6.45) is 0.379. The lowest BCUT2D eigenvalue weighted by Gasteiger charge is -2.35. The van der Waals surface area contributed by atoms with Gasteiger partial charge in [-0.3, -0.25) is 14.9 Å². The molecule has 3 aliphatic rings. The van der Waals surface area contributed by atoms with E-state index in [0.29, 0.717) is 22.7 Å². The molecule has 3 N–H and O–H groups in total. The summed E-state index contributed by atoms with van der Waals surface area (Å²) >= 11 is 0. The van der Waals surface area contributed by atoms with Crippen LogP contribution in [0, 0.1) is 5.82 Å². The van der Waals surface area contributed by atoms with Gasteiger partial charge in [0.15, 0.2) is 0 Å². The monoisotopic (exact) mass is 602 g/mol. The summed E-state index contributed by atoms with van der Waals surface area (Å²) < 4.78 is 20.8. The minimum absolute atomic E-state index is 0.0436. The number of pyridine rings is 1. The molecule has 0 radical (unpaired) electrons.